The van der Waals surface area contributed by atoms with Crippen LogP contribution in [0.3, 0.4) is 0 Å². The minimum absolute atomic E-state index is 0.271. The molecule has 2 nitrogen and oxygen atoms in total. The third-order valence-corrected chi connectivity index (χ3v) is 2.30. The largest absolute Gasteiger partial charge is 0.481 e. The second-order valence-corrected chi connectivity index (χ2v) is 4.55. The van der Waals surface area contributed by atoms with Crippen LogP contribution in [0.15, 0.2) is 0 Å². The van der Waals surface area contributed by atoms with E-state index in [9.17, 15) is 4.79 Å². The van der Waals surface area contributed by atoms with Crippen LogP contribution in [0, 0.1) is 5.41 Å². The van der Waals surface area contributed by atoms with Gasteiger partial charge in [0.1, 0.15) is 0 Å². The third kappa shape index (κ3) is 1.12. The molecule has 0 aliphatic heterocycles. The fraction of sp³-hybridized carbons (Fsp3) is 0.857. The summed E-state index contributed by atoms with van der Waals surface area (Å²) in [7, 11) is 0. The maximum Gasteiger partial charge on any atom is 0.309 e. The van der Waals surface area contributed by atoms with E-state index in [2.05, 4.69) is 0 Å². The number of carboxylic acid groups (broad SMARTS) is 1. The van der Waals surface area contributed by atoms with Gasteiger partial charge in [0.05, 0.1) is 5.41 Å². The van der Waals surface area contributed by atoms with E-state index >= 15 is 0 Å². The van der Waals surface area contributed by atoms with Crippen LogP contribution in [0.1, 0.15) is 26.7 Å². The predicted molar refractivity (Wildman–Crippen MR) is 39.2 cm³/mol. The van der Waals surface area contributed by atoms with Gasteiger partial charge in [-0.25, -0.2) is 0 Å². The molecule has 1 aliphatic rings. The van der Waals surface area contributed by atoms with Gasteiger partial charge in [-0.1, -0.05) is 0 Å². The van der Waals surface area contributed by atoms with Crippen LogP contribution in [-0.2, 0) is 4.79 Å². The molecule has 0 atom stereocenters. The number of hydrogen-bond donors (Lipinski definition) is 1. The average molecular weight is 163 g/mol. The smallest absolute Gasteiger partial charge is 0.309 e. The quantitative estimate of drug-likeness (QED) is 0.598. The topological polar surface area (TPSA) is 37.3 Å². The van der Waals surface area contributed by atoms with Crippen molar-refractivity contribution in [1.82, 2.24) is 0 Å². The molecular formula is C7H11ClO2. The predicted octanol–water partition coefficient (Wildman–Crippen LogP) is 1.87. The molecule has 0 bridgehead atoms. The molecule has 0 unspecified atom stereocenters. The van der Waals surface area contributed by atoms with Crippen LogP contribution < -0.4 is 0 Å². The third-order valence-electron chi connectivity index (χ3n) is 2.03. The van der Waals surface area contributed by atoms with Crippen molar-refractivity contribution in [2.45, 2.75) is 31.6 Å². The standard InChI is InChI=1S/C7H11ClO2/c1-6(5(9)10)3-7(2,8)4-6/h3-4H2,1-2H3,(H,9,10). The van der Waals surface area contributed by atoms with Crippen LogP contribution in [0.25, 0.3) is 0 Å². The summed E-state index contributed by atoms with van der Waals surface area (Å²) < 4.78 is 0. The maximum atomic E-state index is 10.5. The van der Waals surface area contributed by atoms with Crippen molar-refractivity contribution in [3.05, 3.63) is 0 Å². The molecule has 0 spiro atoms. The average Bonchev–Trinajstić information content (AvgIpc) is 1.59. The fourth-order valence-electron chi connectivity index (χ4n) is 1.73. The highest BCUT2D eigenvalue weighted by molar-refractivity contribution is 6.24. The number of halogens is 1. The van der Waals surface area contributed by atoms with Crippen molar-refractivity contribution in [3.8, 4) is 0 Å². The van der Waals surface area contributed by atoms with Crippen LogP contribution in [0.2, 0.25) is 0 Å². The monoisotopic (exact) mass is 162 g/mol. The van der Waals surface area contributed by atoms with Crippen LogP contribution in [0.5, 0.6) is 0 Å². The Morgan fingerprint density at radius 1 is 1.50 bits per heavy atom. The summed E-state index contributed by atoms with van der Waals surface area (Å²) in [6.45, 7) is 3.61. The molecule has 0 aromatic carbocycles. The number of aliphatic carboxylic acids is 1. The zero-order valence-electron chi connectivity index (χ0n) is 6.15. The Bertz CT molecular complexity index is 166. The van der Waals surface area contributed by atoms with Crippen LogP contribution in [0.4, 0.5) is 0 Å². The summed E-state index contributed by atoms with van der Waals surface area (Å²) in [6.07, 6.45) is 1.16. The van der Waals surface area contributed by atoms with Gasteiger partial charge in [0.25, 0.3) is 0 Å². The molecule has 1 saturated carbocycles. The van der Waals surface area contributed by atoms with Crippen molar-refractivity contribution in [3.63, 3.8) is 0 Å². The van der Waals surface area contributed by atoms with Crippen LogP contribution >= 0.6 is 11.6 Å². The summed E-state index contributed by atoms with van der Waals surface area (Å²) in [6, 6.07) is 0. The van der Waals surface area contributed by atoms with E-state index in [4.69, 9.17) is 16.7 Å². The molecule has 0 aromatic rings. The van der Waals surface area contributed by atoms with Crippen molar-refractivity contribution in [1.29, 1.82) is 0 Å². The molecule has 0 saturated heterocycles. The Morgan fingerprint density at radius 2 is 1.90 bits per heavy atom. The Morgan fingerprint density at radius 3 is 2.00 bits per heavy atom. The molecule has 0 amide bonds. The van der Waals surface area contributed by atoms with Gasteiger partial charge in [-0.3, -0.25) is 4.79 Å². The molecule has 58 valence electrons. The van der Waals surface area contributed by atoms with Gasteiger partial charge in [-0.05, 0) is 26.7 Å². The van der Waals surface area contributed by atoms with E-state index in [1.54, 1.807) is 6.92 Å². The zero-order chi connectivity index (χ0) is 7.99. The van der Waals surface area contributed by atoms with Crippen LogP contribution in [-0.4, -0.2) is 16.0 Å². The van der Waals surface area contributed by atoms with Gasteiger partial charge < -0.3 is 5.11 Å². The molecule has 1 fully saturated rings. The molecule has 0 aromatic heterocycles. The minimum Gasteiger partial charge on any atom is -0.481 e. The van der Waals surface area contributed by atoms with Gasteiger partial charge in [0, 0.05) is 4.87 Å². The minimum atomic E-state index is -0.731. The summed E-state index contributed by atoms with van der Waals surface area (Å²) in [5, 5.41) is 8.67. The highest BCUT2D eigenvalue weighted by Gasteiger charge is 2.52. The molecule has 1 rings (SSSR count). The highest BCUT2D eigenvalue weighted by atomic mass is 35.5. The van der Waals surface area contributed by atoms with E-state index < -0.39 is 11.4 Å². The molecule has 1 aliphatic carbocycles. The van der Waals surface area contributed by atoms with Gasteiger partial charge in [-0.2, -0.15) is 0 Å². The first kappa shape index (κ1) is 7.86. The Hall–Kier alpha value is -0.240. The van der Waals surface area contributed by atoms with Gasteiger partial charge in [0.15, 0.2) is 0 Å². The lowest BCUT2D eigenvalue weighted by Crippen LogP contribution is -2.49. The van der Waals surface area contributed by atoms with E-state index in [-0.39, 0.29) is 4.87 Å². The lowest BCUT2D eigenvalue weighted by atomic mass is 9.63. The number of carboxylic acids is 1. The first-order chi connectivity index (χ1) is 4.36. The normalized spacial score (nSPS) is 46.3. The van der Waals surface area contributed by atoms with Gasteiger partial charge in [0.2, 0.25) is 0 Å². The van der Waals surface area contributed by atoms with Crippen molar-refractivity contribution >= 4 is 17.6 Å². The summed E-state index contributed by atoms with van der Waals surface area (Å²) in [4.78, 5) is 10.3. The van der Waals surface area contributed by atoms with Gasteiger partial charge >= 0.3 is 5.97 Å². The second-order valence-electron chi connectivity index (χ2n) is 3.63. The number of rotatable bonds is 1. The summed E-state index contributed by atoms with van der Waals surface area (Å²) in [5.41, 5.74) is -0.559. The number of carbonyl (C=O) groups is 1. The lowest BCUT2D eigenvalue weighted by molar-refractivity contribution is -0.154. The van der Waals surface area contributed by atoms with E-state index in [1.807, 2.05) is 6.92 Å². The molecule has 3 heteroatoms. The highest BCUT2D eigenvalue weighted by Crippen LogP contribution is 2.51. The van der Waals surface area contributed by atoms with Crippen molar-refractivity contribution in [2.75, 3.05) is 0 Å². The molecule has 1 N–H and O–H groups in total. The SMILES string of the molecule is CC1(Cl)CC(C)(C(=O)O)C1. The molecular weight excluding hydrogens is 152 g/mol. The first-order valence-electron chi connectivity index (χ1n) is 3.28. The number of hydrogen-bond acceptors (Lipinski definition) is 1. The second kappa shape index (κ2) is 1.88. The molecule has 0 heterocycles. The van der Waals surface area contributed by atoms with Crippen molar-refractivity contribution < 1.29 is 9.90 Å². The maximum absolute atomic E-state index is 10.5. The molecule has 10 heavy (non-hydrogen) atoms. The fourth-order valence-corrected chi connectivity index (χ4v) is 2.32. The van der Waals surface area contributed by atoms with Gasteiger partial charge in [-0.15, -0.1) is 11.6 Å². The summed E-state index contributed by atoms with van der Waals surface area (Å²) in [5.74, 6) is -0.731. The lowest BCUT2D eigenvalue weighted by Gasteiger charge is -2.46. The van der Waals surface area contributed by atoms with E-state index in [0.717, 1.165) is 0 Å². The first-order valence-corrected chi connectivity index (χ1v) is 3.66. The Kier molecular flexibility index (Phi) is 1.48. The Balaban J connectivity index is 2.58. The molecule has 0 radical (unpaired) electrons. The zero-order valence-corrected chi connectivity index (χ0v) is 6.90. The Labute approximate surface area is 65.2 Å². The number of alkyl halides is 1. The van der Waals surface area contributed by atoms with E-state index in [0.29, 0.717) is 12.8 Å². The van der Waals surface area contributed by atoms with Crippen molar-refractivity contribution in [2.24, 2.45) is 5.41 Å². The van der Waals surface area contributed by atoms with E-state index in [1.165, 1.54) is 0 Å². The summed E-state index contributed by atoms with van der Waals surface area (Å²) >= 11 is 5.87.